The van der Waals surface area contributed by atoms with Crippen molar-refractivity contribution in [3.05, 3.63) is 111 Å². The number of fused-ring (bicyclic) bond motifs is 1. The molecule has 7 nitrogen and oxygen atoms in total. The van der Waals surface area contributed by atoms with E-state index in [1.807, 2.05) is 45.8 Å². The number of aryl methyl sites for hydroxylation is 1. The third-order valence-electron chi connectivity index (χ3n) is 5.99. The Morgan fingerprint density at radius 2 is 1.69 bits per heavy atom. The van der Waals surface area contributed by atoms with Crippen molar-refractivity contribution in [2.24, 2.45) is 0 Å². The van der Waals surface area contributed by atoms with Gasteiger partial charge in [0.15, 0.2) is 0 Å². The number of hydrogen-bond donors (Lipinski definition) is 2. The predicted octanol–water partition coefficient (Wildman–Crippen LogP) is 4.96. The van der Waals surface area contributed by atoms with E-state index in [1.165, 1.54) is 5.56 Å². The molecule has 0 aliphatic carbocycles. The van der Waals surface area contributed by atoms with Gasteiger partial charge in [0.1, 0.15) is 5.69 Å². The lowest BCUT2D eigenvalue weighted by Gasteiger charge is -2.13. The van der Waals surface area contributed by atoms with E-state index < -0.39 is 6.10 Å². The summed E-state index contributed by atoms with van der Waals surface area (Å²) in [5.74, 6) is 0. The largest absolute Gasteiger partial charge is 0.387 e. The van der Waals surface area contributed by atoms with Gasteiger partial charge >= 0.3 is 0 Å². The third-order valence-corrected chi connectivity index (χ3v) is 6.73. The van der Waals surface area contributed by atoms with E-state index in [1.54, 1.807) is 22.8 Å². The Bertz CT molecular complexity index is 1570. The van der Waals surface area contributed by atoms with Crippen LogP contribution in [0.15, 0.2) is 72.9 Å². The maximum absolute atomic E-state index is 10.9. The first-order chi connectivity index (χ1) is 16.9. The SMILES string of the molecule is Cc1cccc(Cn2cc(Cn3c(=N)n(CC(O)c4ccc(Cl)c(Cl)c4)c4ccccc43)nn2)c1. The Hall–Kier alpha value is -3.39. The van der Waals surface area contributed by atoms with Crippen LogP contribution in [0.1, 0.15) is 28.5 Å². The van der Waals surface area contributed by atoms with Crippen molar-refractivity contribution in [3.63, 3.8) is 0 Å². The molecule has 0 radical (unpaired) electrons. The second-order valence-electron chi connectivity index (χ2n) is 8.59. The summed E-state index contributed by atoms with van der Waals surface area (Å²) < 4.78 is 5.47. The van der Waals surface area contributed by atoms with Crippen molar-refractivity contribution >= 4 is 34.2 Å². The molecule has 5 rings (SSSR count). The van der Waals surface area contributed by atoms with Crippen LogP contribution in [0.3, 0.4) is 0 Å². The van der Waals surface area contributed by atoms with Crippen LogP contribution >= 0.6 is 23.2 Å². The number of para-hydroxylation sites is 2. The van der Waals surface area contributed by atoms with E-state index in [0.29, 0.717) is 28.7 Å². The van der Waals surface area contributed by atoms with Crippen molar-refractivity contribution in [2.45, 2.75) is 32.7 Å². The van der Waals surface area contributed by atoms with E-state index in [9.17, 15) is 5.11 Å². The van der Waals surface area contributed by atoms with Gasteiger partial charge in [-0.1, -0.05) is 76.4 Å². The van der Waals surface area contributed by atoms with Crippen molar-refractivity contribution in [3.8, 4) is 0 Å². The molecule has 3 aromatic carbocycles. The number of aromatic nitrogens is 5. The summed E-state index contributed by atoms with van der Waals surface area (Å²) in [6.07, 6.45) is 1.05. The lowest BCUT2D eigenvalue weighted by Crippen LogP contribution is -2.27. The molecule has 2 aromatic heterocycles. The monoisotopic (exact) mass is 506 g/mol. The van der Waals surface area contributed by atoms with Gasteiger partial charge in [-0.05, 0) is 42.3 Å². The summed E-state index contributed by atoms with van der Waals surface area (Å²) in [5.41, 5.74) is 5.75. The summed E-state index contributed by atoms with van der Waals surface area (Å²) in [7, 11) is 0. The fourth-order valence-corrected chi connectivity index (χ4v) is 4.59. The standard InChI is InChI=1S/C26H24Cl2N6O/c1-17-5-4-6-18(11-17)13-32-14-20(30-31-32)15-33-23-7-2-3-8-24(23)34(26(33)29)16-25(35)19-9-10-21(27)22(28)12-19/h2-12,14,25,29,35H,13,15-16H2,1H3. The summed E-state index contributed by atoms with van der Waals surface area (Å²) in [6.45, 7) is 3.29. The number of nitrogens with one attached hydrogen (secondary N) is 1. The molecular formula is C26H24Cl2N6O. The minimum absolute atomic E-state index is 0.199. The number of rotatable bonds is 7. The van der Waals surface area contributed by atoms with Gasteiger partial charge < -0.3 is 14.2 Å². The highest BCUT2D eigenvalue weighted by molar-refractivity contribution is 6.42. The van der Waals surface area contributed by atoms with Gasteiger partial charge in [0.05, 0.1) is 53.0 Å². The van der Waals surface area contributed by atoms with Crippen LogP contribution in [0.5, 0.6) is 0 Å². The van der Waals surface area contributed by atoms with E-state index in [2.05, 4.69) is 35.4 Å². The highest BCUT2D eigenvalue weighted by atomic mass is 35.5. The zero-order valence-corrected chi connectivity index (χ0v) is 20.6. The van der Waals surface area contributed by atoms with Crippen LogP contribution in [0.25, 0.3) is 11.0 Å². The second kappa shape index (κ2) is 9.70. The normalized spacial score (nSPS) is 12.3. The Balaban J connectivity index is 1.43. The molecule has 0 bridgehead atoms. The number of nitrogens with zero attached hydrogens (tertiary/aromatic N) is 5. The lowest BCUT2D eigenvalue weighted by atomic mass is 10.1. The molecule has 1 unspecified atom stereocenters. The van der Waals surface area contributed by atoms with E-state index in [0.717, 1.165) is 22.3 Å². The van der Waals surface area contributed by atoms with Gasteiger partial charge in [-0.25, -0.2) is 4.68 Å². The van der Waals surface area contributed by atoms with Crippen LogP contribution in [-0.4, -0.2) is 29.2 Å². The van der Waals surface area contributed by atoms with Gasteiger partial charge in [0.2, 0.25) is 5.62 Å². The number of halogens is 2. The quantitative estimate of drug-likeness (QED) is 0.327. The first kappa shape index (κ1) is 23.4. The molecule has 2 N–H and O–H groups in total. The second-order valence-corrected chi connectivity index (χ2v) is 9.41. The molecule has 178 valence electrons. The van der Waals surface area contributed by atoms with Crippen LogP contribution < -0.4 is 5.62 Å². The number of hydrogen-bond acceptors (Lipinski definition) is 4. The van der Waals surface area contributed by atoms with E-state index in [-0.39, 0.29) is 12.2 Å². The highest BCUT2D eigenvalue weighted by Crippen LogP contribution is 2.27. The van der Waals surface area contributed by atoms with Gasteiger partial charge in [0.25, 0.3) is 0 Å². The maximum Gasteiger partial charge on any atom is 0.203 e. The first-order valence-corrected chi connectivity index (χ1v) is 11.9. The van der Waals surface area contributed by atoms with Crippen molar-refractivity contribution in [1.82, 2.24) is 24.1 Å². The van der Waals surface area contributed by atoms with Gasteiger partial charge in [-0.2, -0.15) is 0 Å². The third kappa shape index (κ3) is 4.89. The zero-order chi connectivity index (χ0) is 24.5. The van der Waals surface area contributed by atoms with Crippen LogP contribution in [-0.2, 0) is 19.6 Å². The molecule has 9 heteroatoms. The highest BCUT2D eigenvalue weighted by Gasteiger charge is 2.17. The van der Waals surface area contributed by atoms with Gasteiger partial charge in [-0.3, -0.25) is 5.41 Å². The average Bonchev–Trinajstić information content (AvgIpc) is 3.39. The Morgan fingerprint density at radius 1 is 0.914 bits per heavy atom. The molecule has 0 spiro atoms. The summed E-state index contributed by atoms with van der Waals surface area (Å²) in [5, 5.41) is 29.2. The molecule has 0 saturated heterocycles. The van der Waals surface area contributed by atoms with Gasteiger partial charge in [-0.15, -0.1) is 5.10 Å². The molecular weight excluding hydrogens is 483 g/mol. The lowest BCUT2D eigenvalue weighted by molar-refractivity contribution is 0.155. The van der Waals surface area contributed by atoms with E-state index >= 15 is 0 Å². The molecule has 5 aromatic rings. The first-order valence-electron chi connectivity index (χ1n) is 11.2. The Morgan fingerprint density at radius 3 is 2.43 bits per heavy atom. The predicted molar refractivity (Wildman–Crippen MR) is 137 cm³/mol. The minimum atomic E-state index is -0.853. The van der Waals surface area contributed by atoms with Crippen molar-refractivity contribution in [1.29, 1.82) is 5.41 Å². The molecule has 0 aliphatic rings. The fraction of sp³-hybridized carbons (Fsp3) is 0.192. The number of benzene rings is 3. The number of imidazole rings is 1. The van der Waals surface area contributed by atoms with Crippen LogP contribution in [0.4, 0.5) is 0 Å². The molecule has 2 heterocycles. The van der Waals surface area contributed by atoms with E-state index in [4.69, 9.17) is 28.6 Å². The number of aliphatic hydroxyl groups is 1. The number of aliphatic hydroxyl groups excluding tert-OH is 1. The molecule has 0 saturated carbocycles. The smallest absolute Gasteiger partial charge is 0.203 e. The molecule has 35 heavy (non-hydrogen) atoms. The maximum atomic E-state index is 10.9. The molecule has 0 amide bonds. The molecule has 0 fully saturated rings. The van der Waals surface area contributed by atoms with Crippen LogP contribution in [0, 0.1) is 12.3 Å². The Kier molecular flexibility index (Phi) is 6.47. The summed E-state index contributed by atoms with van der Waals surface area (Å²) in [4.78, 5) is 0. The zero-order valence-electron chi connectivity index (χ0n) is 19.1. The topological polar surface area (TPSA) is 84.7 Å². The summed E-state index contributed by atoms with van der Waals surface area (Å²) >= 11 is 12.2. The molecule has 1 atom stereocenters. The average molecular weight is 507 g/mol. The fourth-order valence-electron chi connectivity index (χ4n) is 4.29. The van der Waals surface area contributed by atoms with Gasteiger partial charge in [0, 0.05) is 0 Å². The van der Waals surface area contributed by atoms with Crippen LogP contribution in [0.2, 0.25) is 10.0 Å². The molecule has 0 aliphatic heterocycles. The summed E-state index contributed by atoms with van der Waals surface area (Å²) in [6, 6.07) is 21.1. The Labute approximate surface area is 212 Å². The van der Waals surface area contributed by atoms with Crippen molar-refractivity contribution in [2.75, 3.05) is 0 Å². The minimum Gasteiger partial charge on any atom is -0.387 e. The van der Waals surface area contributed by atoms with Crippen molar-refractivity contribution < 1.29 is 5.11 Å².